The second-order valence-electron chi connectivity index (χ2n) is 5.27. The summed E-state index contributed by atoms with van der Waals surface area (Å²) in [6.07, 6.45) is -0.359. The van der Waals surface area contributed by atoms with Crippen molar-refractivity contribution in [2.45, 2.75) is 32.3 Å². The molecule has 0 fully saturated rings. The topological polar surface area (TPSA) is 52.6 Å². The second-order valence-corrected chi connectivity index (χ2v) is 6.87. The first kappa shape index (κ1) is 16.5. The largest absolute Gasteiger partial charge is 0.489 e. The van der Waals surface area contributed by atoms with Gasteiger partial charge in [-0.25, -0.2) is 0 Å². The third-order valence-corrected chi connectivity index (χ3v) is 4.19. The third-order valence-electron chi connectivity index (χ3n) is 2.83. The number of ether oxygens (including phenoxy) is 1. The SMILES string of the molecule is CC(C)OS(=O)(=O)Cc1cccc(OCc2ccccc2)c1. The van der Waals surface area contributed by atoms with E-state index in [2.05, 4.69) is 0 Å². The minimum atomic E-state index is -3.57. The summed E-state index contributed by atoms with van der Waals surface area (Å²) < 4.78 is 34.3. The normalized spacial score (nSPS) is 11.6. The Morgan fingerprint density at radius 1 is 0.955 bits per heavy atom. The smallest absolute Gasteiger partial charge is 0.271 e. The Balaban J connectivity index is 2.01. The predicted octanol–water partition coefficient (Wildman–Crippen LogP) is 3.52. The quantitative estimate of drug-likeness (QED) is 0.733. The van der Waals surface area contributed by atoms with Gasteiger partial charge in [-0.1, -0.05) is 42.5 Å². The lowest BCUT2D eigenvalue weighted by Crippen LogP contribution is -2.14. The Kier molecular flexibility index (Phi) is 5.57. The fraction of sp³-hybridized carbons (Fsp3) is 0.294. The van der Waals surface area contributed by atoms with Crippen molar-refractivity contribution in [2.75, 3.05) is 0 Å². The summed E-state index contributed by atoms with van der Waals surface area (Å²) in [7, 11) is -3.57. The average molecular weight is 320 g/mol. The molecule has 0 saturated heterocycles. The van der Waals surface area contributed by atoms with Gasteiger partial charge in [0.2, 0.25) is 0 Å². The van der Waals surface area contributed by atoms with Crippen LogP contribution in [-0.2, 0) is 26.7 Å². The van der Waals surface area contributed by atoms with Crippen LogP contribution >= 0.6 is 0 Å². The van der Waals surface area contributed by atoms with Gasteiger partial charge in [-0.2, -0.15) is 8.42 Å². The summed E-state index contributed by atoms with van der Waals surface area (Å²) in [6, 6.07) is 16.9. The minimum Gasteiger partial charge on any atom is -0.489 e. The summed E-state index contributed by atoms with van der Waals surface area (Å²) >= 11 is 0. The van der Waals surface area contributed by atoms with E-state index in [1.165, 1.54) is 0 Å². The summed E-state index contributed by atoms with van der Waals surface area (Å²) in [5, 5.41) is 0. The van der Waals surface area contributed by atoms with Crippen molar-refractivity contribution in [1.29, 1.82) is 0 Å². The van der Waals surface area contributed by atoms with Gasteiger partial charge in [-0.3, -0.25) is 4.18 Å². The molecule has 22 heavy (non-hydrogen) atoms. The molecular formula is C17H20O4S. The first-order chi connectivity index (χ1) is 10.4. The Morgan fingerprint density at radius 3 is 2.32 bits per heavy atom. The van der Waals surface area contributed by atoms with Gasteiger partial charge in [0, 0.05) is 0 Å². The molecule has 0 unspecified atom stereocenters. The standard InChI is InChI=1S/C17H20O4S/c1-14(2)21-22(18,19)13-16-9-6-10-17(11-16)20-12-15-7-4-3-5-8-15/h3-11,14H,12-13H2,1-2H3. The highest BCUT2D eigenvalue weighted by atomic mass is 32.2. The molecule has 0 aliphatic rings. The summed E-state index contributed by atoms with van der Waals surface area (Å²) in [4.78, 5) is 0. The number of hydrogen-bond donors (Lipinski definition) is 0. The molecule has 0 radical (unpaired) electrons. The highest BCUT2D eigenvalue weighted by molar-refractivity contribution is 7.85. The van der Waals surface area contributed by atoms with Crippen LogP contribution in [0.1, 0.15) is 25.0 Å². The van der Waals surface area contributed by atoms with Gasteiger partial charge in [0.25, 0.3) is 10.1 Å². The van der Waals surface area contributed by atoms with Gasteiger partial charge in [0.15, 0.2) is 0 Å². The van der Waals surface area contributed by atoms with Crippen LogP contribution < -0.4 is 4.74 Å². The van der Waals surface area contributed by atoms with Crippen LogP contribution in [0, 0.1) is 0 Å². The van der Waals surface area contributed by atoms with Crippen LogP contribution in [0.5, 0.6) is 5.75 Å². The predicted molar refractivity (Wildman–Crippen MR) is 86.1 cm³/mol. The third kappa shape index (κ3) is 5.50. The van der Waals surface area contributed by atoms with Gasteiger partial charge >= 0.3 is 0 Å². The van der Waals surface area contributed by atoms with Crippen molar-refractivity contribution in [3.8, 4) is 5.75 Å². The Bertz CT molecular complexity index is 694. The molecule has 0 bridgehead atoms. The molecule has 0 aromatic heterocycles. The van der Waals surface area contributed by atoms with E-state index in [0.717, 1.165) is 5.56 Å². The number of rotatable bonds is 7. The van der Waals surface area contributed by atoms with Gasteiger partial charge < -0.3 is 4.74 Å². The fourth-order valence-corrected chi connectivity index (χ4v) is 3.24. The van der Waals surface area contributed by atoms with Crippen LogP contribution in [0.4, 0.5) is 0 Å². The molecular weight excluding hydrogens is 300 g/mol. The van der Waals surface area contributed by atoms with E-state index >= 15 is 0 Å². The lowest BCUT2D eigenvalue weighted by atomic mass is 10.2. The van der Waals surface area contributed by atoms with Gasteiger partial charge in [-0.05, 0) is 37.1 Å². The van der Waals surface area contributed by atoms with Crippen molar-refractivity contribution in [3.63, 3.8) is 0 Å². The first-order valence-electron chi connectivity index (χ1n) is 7.11. The highest BCUT2D eigenvalue weighted by Gasteiger charge is 2.15. The molecule has 5 heteroatoms. The van der Waals surface area contributed by atoms with Gasteiger partial charge in [0.1, 0.15) is 18.1 Å². The maximum Gasteiger partial charge on any atom is 0.271 e. The van der Waals surface area contributed by atoms with Crippen LogP contribution in [-0.4, -0.2) is 14.5 Å². The lowest BCUT2D eigenvalue weighted by molar-refractivity contribution is 0.248. The zero-order valence-corrected chi connectivity index (χ0v) is 13.5. The van der Waals surface area contributed by atoms with E-state index in [1.807, 2.05) is 36.4 Å². The van der Waals surface area contributed by atoms with E-state index < -0.39 is 10.1 Å². The molecule has 2 aromatic rings. The summed E-state index contributed by atoms with van der Waals surface area (Å²) in [5.74, 6) is 0.481. The van der Waals surface area contributed by atoms with Gasteiger partial charge in [-0.15, -0.1) is 0 Å². The van der Waals surface area contributed by atoms with Crippen molar-refractivity contribution in [2.24, 2.45) is 0 Å². The Morgan fingerprint density at radius 2 is 1.64 bits per heavy atom. The molecule has 0 saturated carbocycles. The van der Waals surface area contributed by atoms with E-state index in [1.54, 1.807) is 32.0 Å². The van der Waals surface area contributed by atoms with Crippen LogP contribution in [0.15, 0.2) is 54.6 Å². The highest BCUT2D eigenvalue weighted by Crippen LogP contribution is 2.18. The zero-order chi connectivity index (χ0) is 16.0. The number of hydrogen-bond acceptors (Lipinski definition) is 4. The molecule has 2 rings (SSSR count). The second kappa shape index (κ2) is 7.42. The van der Waals surface area contributed by atoms with E-state index in [4.69, 9.17) is 8.92 Å². The molecule has 0 N–H and O–H groups in total. The monoisotopic (exact) mass is 320 g/mol. The molecule has 0 amide bonds. The molecule has 0 spiro atoms. The van der Waals surface area contributed by atoms with Crippen LogP contribution in [0.3, 0.4) is 0 Å². The molecule has 0 aliphatic carbocycles. The Hall–Kier alpha value is -1.85. The molecule has 2 aromatic carbocycles. The van der Waals surface area contributed by atoms with E-state index in [-0.39, 0.29) is 11.9 Å². The fourth-order valence-electron chi connectivity index (χ4n) is 2.00. The maximum atomic E-state index is 11.8. The molecule has 0 aliphatic heterocycles. The van der Waals surface area contributed by atoms with E-state index in [9.17, 15) is 8.42 Å². The molecule has 0 atom stereocenters. The lowest BCUT2D eigenvalue weighted by Gasteiger charge is -2.10. The van der Waals surface area contributed by atoms with Crippen molar-refractivity contribution >= 4 is 10.1 Å². The molecule has 0 heterocycles. The number of benzene rings is 2. The zero-order valence-electron chi connectivity index (χ0n) is 12.7. The summed E-state index contributed by atoms with van der Waals surface area (Å²) in [5.41, 5.74) is 1.70. The average Bonchev–Trinajstić information content (AvgIpc) is 2.44. The minimum absolute atomic E-state index is 0.159. The molecule has 4 nitrogen and oxygen atoms in total. The Labute approximate surface area is 131 Å². The van der Waals surface area contributed by atoms with Crippen LogP contribution in [0.25, 0.3) is 0 Å². The van der Waals surface area contributed by atoms with Crippen molar-refractivity contribution < 1.29 is 17.3 Å². The van der Waals surface area contributed by atoms with Crippen molar-refractivity contribution in [3.05, 3.63) is 65.7 Å². The van der Waals surface area contributed by atoms with Gasteiger partial charge in [0.05, 0.1) is 6.10 Å². The first-order valence-corrected chi connectivity index (χ1v) is 8.69. The summed E-state index contributed by atoms with van der Waals surface area (Å²) in [6.45, 7) is 3.83. The van der Waals surface area contributed by atoms with Crippen molar-refractivity contribution in [1.82, 2.24) is 0 Å². The maximum absolute atomic E-state index is 11.8. The van der Waals surface area contributed by atoms with E-state index in [0.29, 0.717) is 17.9 Å². The van der Waals surface area contributed by atoms with Crippen LogP contribution in [0.2, 0.25) is 0 Å². The molecule has 118 valence electrons.